The van der Waals surface area contributed by atoms with Crippen LogP contribution in [0.3, 0.4) is 0 Å². The molecule has 5 N–H and O–H groups in total. The summed E-state index contributed by atoms with van der Waals surface area (Å²) in [5, 5.41) is 13.9. The van der Waals surface area contributed by atoms with Gasteiger partial charge in [0.1, 0.15) is 0 Å². The number of carboxylic acid groups (broad SMARTS) is 1. The smallest absolute Gasteiger partial charge is 0.314 e. The number of carboxylic acids is 1. The van der Waals surface area contributed by atoms with Gasteiger partial charge in [-0.1, -0.05) is 13.3 Å². The summed E-state index contributed by atoms with van der Waals surface area (Å²) in [5.41, 5.74) is 5.28. The summed E-state index contributed by atoms with van der Waals surface area (Å²) >= 11 is 0. The first-order chi connectivity index (χ1) is 7.60. The third-order valence-electron chi connectivity index (χ3n) is 2.26. The minimum atomic E-state index is -0.836. The van der Waals surface area contributed by atoms with Gasteiger partial charge in [-0.05, 0) is 18.9 Å². The highest BCUT2D eigenvalue weighted by molar-refractivity contribution is 5.74. The second-order valence-corrected chi connectivity index (χ2v) is 3.65. The maximum absolute atomic E-state index is 11.2. The Hall–Kier alpha value is -1.30. The third kappa shape index (κ3) is 8.05. The zero-order valence-corrected chi connectivity index (χ0v) is 9.66. The summed E-state index contributed by atoms with van der Waals surface area (Å²) in [4.78, 5) is 21.7. The highest BCUT2D eigenvalue weighted by atomic mass is 16.4. The first kappa shape index (κ1) is 14.7. The fourth-order valence-corrected chi connectivity index (χ4v) is 1.21. The van der Waals surface area contributed by atoms with Crippen LogP contribution in [-0.4, -0.2) is 36.7 Å². The summed E-state index contributed by atoms with van der Waals surface area (Å²) in [6.07, 6.45) is 1.55. The maximum atomic E-state index is 11.2. The van der Waals surface area contributed by atoms with Gasteiger partial charge >= 0.3 is 12.0 Å². The normalized spacial score (nSPS) is 11.9. The van der Waals surface area contributed by atoms with E-state index < -0.39 is 5.97 Å². The fraction of sp³-hybridized carbons (Fsp3) is 0.800. The monoisotopic (exact) mass is 231 g/mol. The number of amides is 2. The van der Waals surface area contributed by atoms with Crippen molar-refractivity contribution in [1.82, 2.24) is 10.6 Å². The predicted octanol–water partition coefficient (Wildman–Crippen LogP) is 0.135. The fourth-order valence-electron chi connectivity index (χ4n) is 1.21. The Morgan fingerprint density at radius 2 is 2.06 bits per heavy atom. The quantitative estimate of drug-likeness (QED) is 0.446. The van der Waals surface area contributed by atoms with E-state index in [9.17, 15) is 9.59 Å². The van der Waals surface area contributed by atoms with Crippen LogP contribution in [0.1, 0.15) is 26.2 Å². The number of aliphatic carboxylic acids is 1. The van der Waals surface area contributed by atoms with Crippen molar-refractivity contribution in [2.45, 2.75) is 26.2 Å². The average molecular weight is 231 g/mol. The molecule has 0 saturated heterocycles. The summed E-state index contributed by atoms with van der Waals surface area (Å²) < 4.78 is 0. The van der Waals surface area contributed by atoms with Crippen molar-refractivity contribution in [2.75, 3.05) is 19.6 Å². The average Bonchev–Trinajstić information content (AvgIpc) is 2.24. The first-order valence-electron chi connectivity index (χ1n) is 5.53. The van der Waals surface area contributed by atoms with Gasteiger partial charge in [0.05, 0.1) is 0 Å². The van der Waals surface area contributed by atoms with Crippen LogP contribution in [0.5, 0.6) is 0 Å². The Morgan fingerprint density at radius 3 is 2.56 bits per heavy atom. The minimum Gasteiger partial charge on any atom is -0.481 e. The molecule has 0 aromatic carbocycles. The molecule has 0 spiro atoms. The lowest BCUT2D eigenvalue weighted by molar-refractivity contribution is -0.138. The molecule has 6 heteroatoms. The zero-order chi connectivity index (χ0) is 12.4. The van der Waals surface area contributed by atoms with Crippen LogP contribution in [0.25, 0.3) is 0 Å². The SMILES string of the molecule is CCC(CNC(=O)NCCCN)CC(=O)O. The van der Waals surface area contributed by atoms with Crippen LogP contribution in [0, 0.1) is 5.92 Å². The zero-order valence-electron chi connectivity index (χ0n) is 9.66. The van der Waals surface area contributed by atoms with Crippen LogP contribution in [0.15, 0.2) is 0 Å². The molecule has 0 aliphatic carbocycles. The van der Waals surface area contributed by atoms with E-state index in [2.05, 4.69) is 10.6 Å². The van der Waals surface area contributed by atoms with E-state index in [4.69, 9.17) is 10.8 Å². The van der Waals surface area contributed by atoms with Gasteiger partial charge in [-0.2, -0.15) is 0 Å². The van der Waals surface area contributed by atoms with E-state index in [0.717, 1.165) is 12.8 Å². The van der Waals surface area contributed by atoms with Crippen molar-refractivity contribution in [2.24, 2.45) is 11.7 Å². The van der Waals surface area contributed by atoms with Gasteiger partial charge in [-0.3, -0.25) is 4.79 Å². The van der Waals surface area contributed by atoms with Crippen molar-refractivity contribution in [1.29, 1.82) is 0 Å². The molecule has 0 aliphatic heterocycles. The molecule has 0 heterocycles. The molecule has 0 bridgehead atoms. The number of hydrogen-bond donors (Lipinski definition) is 4. The maximum Gasteiger partial charge on any atom is 0.314 e. The molecule has 0 aromatic heterocycles. The number of nitrogens with two attached hydrogens (primary N) is 1. The number of carbonyl (C=O) groups excluding carboxylic acids is 1. The van der Waals surface area contributed by atoms with Crippen molar-refractivity contribution in [3.8, 4) is 0 Å². The Balaban J connectivity index is 3.66. The third-order valence-corrected chi connectivity index (χ3v) is 2.26. The summed E-state index contributed by atoms with van der Waals surface area (Å²) in [6.45, 7) is 3.37. The van der Waals surface area contributed by atoms with Gasteiger partial charge in [0.2, 0.25) is 0 Å². The summed E-state index contributed by atoms with van der Waals surface area (Å²) in [7, 11) is 0. The molecule has 16 heavy (non-hydrogen) atoms. The molecule has 0 saturated carbocycles. The number of hydrogen-bond acceptors (Lipinski definition) is 3. The molecule has 1 atom stereocenters. The Labute approximate surface area is 95.6 Å². The molecule has 2 amide bonds. The van der Waals surface area contributed by atoms with Gasteiger partial charge in [0.15, 0.2) is 0 Å². The van der Waals surface area contributed by atoms with Gasteiger partial charge in [0, 0.05) is 19.5 Å². The van der Waals surface area contributed by atoms with Crippen LogP contribution in [-0.2, 0) is 4.79 Å². The molecule has 0 aliphatic rings. The number of nitrogens with one attached hydrogen (secondary N) is 2. The van der Waals surface area contributed by atoms with E-state index in [1.165, 1.54) is 0 Å². The molecule has 0 fully saturated rings. The standard InChI is InChI=1S/C10H21N3O3/c1-2-8(6-9(14)15)7-13-10(16)12-5-3-4-11/h8H,2-7,11H2,1H3,(H,14,15)(H2,12,13,16). The second-order valence-electron chi connectivity index (χ2n) is 3.65. The lowest BCUT2D eigenvalue weighted by Gasteiger charge is -2.13. The van der Waals surface area contributed by atoms with E-state index in [1.54, 1.807) is 0 Å². The van der Waals surface area contributed by atoms with Crippen LogP contribution in [0.2, 0.25) is 0 Å². The van der Waals surface area contributed by atoms with E-state index in [0.29, 0.717) is 19.6 Å². The van der Waals surface area contributed by atoms with E-state index in [-0.39, 0.29) is 18.4 Å². The summed E-state index contributed by atoms with van der Waals surface area (Å²) in [5.74, 6) is -0.852. The lowest BCUT2D eigenvalue weighted by Crippen LogP contribution is -2.39. The van der Waals surface area contributed by atoms with Gasteiger partial charge in [-0.25, -0.2) is 4.79 Å². The molecule has 1 unspecified atom stereocenters. The molecular weight excluding hydrogens is 210 g/mol. The second kappa shape index (κ2) is 8.96. The number of carbonyl (C=O) groups is 2. The van der Waals surface area contributed by atoms with Crippen LogP contribution >= 0.6 is 0 Å². The Kier molecular flexibility index (Phi) is 8.24. The van der Waals surface area contributed by atoms with Gasteiger partial charge in [-0.15, -0.1) is 0 Å². The van der Waals surface area contributed by atoms with Crippen molar-refractivity contribution < 1.29 is 14.7 Å². The highest BCUT2D eigenvalue weighted by Gasteiger charge is 2.11. The van der Waals surface area contributed by atoms with Gasteiger partial charge < -0.3 is 21.5 Å². The highest BCUT2D eigenvalue weighted by Crippen LogP contribution is 2.06. The Bertz CT molecular complexity index is 221. The number of rotatable bonds is 8. The van der Waals surface area contributed by atoms with Crippen molar-refractivity contribution in [3.05, 3.63) is 0 Å². The Morgan fingerprint density at radius 1 is 1.38 bits per heavy atom. The van der Waals surface area contributed by atoms with Crippen molar-refractivity contribution in [3.63, 3.8) is 0 Å². The molecule has 0 radical (unpaired) electrons. The largest absolute Gasteiger partial charge is 0.481 e. The molecule has 0 aromatic rings. The topological polar surface area (TPSA) is 104 Å². The lowest BCUT2D eigenvalue weighted by atomic mass is 10.0. The molecule has 94 valence electrons. The molecule has 6 nitrogen and oxygen atoms in total. The first-order valence-corrected chi connectivity index (χ1v) is 5.53. The predicted molar refractivity (Wildman–Crippen MR) is 61.1 cm³/mol. The van der Waals surface area contributed by atoms with Gasteiger partial charge in [0.25, 0.3) is 0 Å². The van der Waals surface area contributed by atoms with Crippen molar-refractivity contribution >= 4 is 12.0 Å². The molecule has 0 rings (SSSR count). The van der Waals surface area contributed by atoms with E-state index >= 15 is 0 Å². The van der Waals surface area contributed by atoms with Crippen LogP contribution in [0.4, 0.5) is 4.79 Å². The minimum absolute atomic E-state index is 0.0160. The summed E-state index contributed by atoms with van der Waals surface area (Å²) in [6, 6.07) is -0.266. The van der Waals surface area contributed by atoms with E-state index in [1.807, 2.05) is 6.92 Å². The number of urea groups is 1. The molecular formula is C10H21N3O3. The van der Waals surface area contributed by atoms with Crippen LogP contribution < -0.4 is 16.4 Å².